The van der Waals surface area contributed by atoms with Crippen molar-refractivity contribution < 1.29 is 13.2 Å². The lowest BCUT2D eigenvalue weighted by Crippen LogP contribution is -2.43. The number of sulfonamides is 1. The Kier molecular flexibility index (Phi) is 2.66. The van der Waals surface area contributed by atoms with E-state index < -0.39 is 24.1 Å². The summed E-state index contributed by atoms with van der Waals surface area (Å²) < 4.78 is 24.5. The Morgan fingerprint density at radius 2 is 2.12 bits per heavy atom. The Balaban J connectivity index is 2.07. The average molecular weight is 355 g/mol. The maximum absolute atomic E-state index is 11.8. The maximum Gasteiger partial charge on any atom is 0.250 e. The first-order chi connectivity index (χ1) is 7.25. The Morgan fingerprint density at radius 1 is 1.56 bits per heavy atom. The van der Waals surface area contributed by atoms with Crippen molar-refractivity contribution in [3.63, 3.8) is 0 Å². The quantitative estimate of drug-likeness (QED) is 0.471. The minimum atomic E-state index is -3.50. The molecule has 4 nitrogen and oxygen atoms in total. The zero-order valence-corrected chi connectivity index (χ0v) is 12.0. The molecule has 0 aromatic rings. The number of carbonyl (C=O) groups is 1. The van der Waals surface area contributed by atoms with Crippen LogP contribution >= 0.6 is 22.6 Å². The van der Waals surface area contributed by atoms with E-state index in [4.69, 9.17) is 0 Å². The second-order valence-electron chi connectivity index (χ2n) is 4.79. The summed E-state index contributed by atoms with van der Waals surface area (Å²) >= 11 is 2.02. The molecule has 1 N–H and O–H groups in total. The van der Waals surface area contributed by atoms with Crippen molar-refractivity contribution >= 4 is 38.5 Å². The molecule has 0 heterocycles. The van der Waals surface area contributed by atoms with Crippen molar-refractivity contribution in [1.29, 1.82) is 0 Å². The normalized spacial score (nSPS) is 35.2. The summed E-state index contributed by atoms with van der Waals surface area (Å²) in [5.41, 5.74) is 0. The van der Waals surface area contributed by atoms with Gasteiger partial charge in [-0.25, -0.2) is 8.42 Å². The van der Waals surface area contributed by atoms with E-state index in [-0.39, 0.29) is 5.92 Å². The van der Waals surface area contributed by atoms with Gasteiger partial charge in [-0.2, -0.15) is 0 Å². The molecule has 0 bridgehead atoms. The summed E-state index contributed by atoms with van der Waals surface area (Å²) in [5, 5.41) is 0. The SMILES string of the molecule is C=C[C@@H]1C[C@]1(I)C(=O)NS(=O)(=O)C1(C)CC1. The molecular weight excluding hydrogens is 341 g/mol. The monoisotopic (exact) mass is 355 g/mol. The van der Waals surface area contributed by atoms with E-state index in [0.29, 0.717) is 19.3 Å². The number of allylic oxidation sites excluding steroid dienone is 1. The van der Waals surface area contributed by atoms with Crippen LogP contribution in [0.3, 0.4) is 0 Å². The number of nitrogens with one attached hydrogen (secondary N) is 1. The van der Waals surface area contributed by atoms with Crippen LogP contribution in [0.15, 0.2) is 12.7 Å². The molecule has 2 atom stereocenters. The Hall–Kier alpha value is -0.110. The molecule has 0 saturated heterocycles. The predicted octanol–water partition coefficient (Wildman–Crippen LogP) is 1.36. The number of hydrogen-bond donors (Lipinski definition) is 1. The summed E-state index contributed by atoms with van der Waals surface area (Å²) in [6.07, 6.45) is 3.65. The molecule has 6 heteroatoms. The molecule has 0 radical (unpaired) electrons. The molecular formula is C10H14INO3S. The van der Waals surface area contributed by atoms with Crippen LogP contribution in [0, 0.1) is 5.92 Å². The van der Waals surface area contributed by atoms with Crippen molar-refractivity contribution in [3.8, 4) is 0 Å². The minimum Gasteiger partial charge on any atom is -0.272 e. The van der Waals surface area contributed by atoms with E-state index >= 15 is 0 Å². The molecule has 2 aliphatic carbocycles. The second-order valence-corrected chi connectivity index (χ2v) is 8.91. The van der Waals surface area contributed by atoms with E-state index in [2.05, 4.69) is 11.3 Å². The molecule has 2 fully saturated rings. The predicted molar refractivity (Wildman–Crippen MR) is 69.8 cm³/mol. The van der Waals surface area contributed by atoms with Crippen molar-refractivity contribution in [2.75, 3.05) is 0 Å². The fourth-order valence-electron chi connectivity index (χ4n) is 1.57. The van der Waals surface area contributed by atoms with Crippen LogP contribution in [0.25, 0.3) is 0 Å². The van der Waals surface area contributed by atoms with Gasteiger partial charge in [0.2, 0.25) is 15.9 Å². The highest BCUT2D eigenvalue weighted by Crippen LogP contribution is 2.53. The van der Waals surface area contributed by atoms with Gasteiger partial charge in [-0.1, -0.05) is 28.7 Å². The van der Waals surface area contributed by atoms with Crippen LogP contribution in [-0.2, 0) is 14.8 Å². The molecule has 1 amide bonds. The first kappa shape index (κ1) is 12.3. The van der Waals surface area contributed by atoms with E-state index in [1.54, 1.807) is 13.0 Å². The van der Waals surface area contributed by atoms with E-state index in [1.165, 1.54) is 0 Å². The zero-order valence-electron chi connectivity index (χ0n) is 8.99. The van der Waals surface area contributed by atoms with Crippen LogP contribution in [-0.4, -0.2) is 22.5 Å². The smallest absolute Gasteiger partial charge is 0.250 e. The van der Waals surface area contributed by atoms with Crippen molar-refractivity contribution in [1.82, 2.24) is 4.72 Å². The lowest BCUT2D eigenvalue weighted by molar-refractivity contribution is -0.119. The van der Waals surface area contributed by atoms with E-state index in [9.17, 15) is 13.2 Å². The van der Waals surface area contributed by atoms with Gasteiger partial charge < -0.3 is 0 Å². The molecule has 16 heavy (non-hydrogen) atoms. The number of halogens is 1. The molecule has 0 spiro atoms. The summed E-state index contributed by atoms with van der Waals surface area (Å²) in [4.78, 5) is 11.8. The molecule has 2 saturated carbocycles. The van der Waals surface area contributed by atoms with Gasteiger partial charge >= 0.3 is 0 Å². The van der Waals surface area contributed by atoms with Gasteiger partial charge in [0.25, 0.3) is 0 Å². The Morgan fingerprint density at radius 3 is 2.50 bits per heavy atom. The molecule has 0 aliphatic heterocycles. The van der Waals surface area contributed by atoms with E-state index in [1.807, 2.05) is 22.6 Å². The number of amides is 1. The molecule has 0 unspecified atom stereocenters. The average Bonchev–Trinajstić information content (AvgIpc) is 3.04. The van der Waals surface area contributed by atoms with Crippen LogP contribution in [0.5, 0.6) is 0 Å². The molecule has 2 aliphatic rings. The highest BCUT2D eigenvalue weighted by Gasteiger charge is 2.59. The summed E-state index contributed by atoms with van der Waals surface area (Å²) in [5.74, 6) is -0.304. The first-order valence-electron chi connectivity index (χ1n) is 5.13. The van der Waals surface area contributed by atoms with Crippen LogP contribution in [0.4, 0.5) is 0 Å². The third kappa shape index (κ3) is 1.79. The van der Waals surface area contributed by atoms with Gasteiger partial charge in [0.15, 0.2) is 0 Å². The van der Waals surface area contributed by atoms with Gasteiger partial charge in [-0.05, 0) is 26.2 Å². The third-order valence-corrected chi connectivity index (χ3v) is 7.33. The number of carbonyl (C=O) groups excluding carboxylic acids is 1. The van der Waals surface area contributed by atoms with Crippen LogP contribution < -0.4 is 4.72 Å². The molecule has 90 valence electrons. The molecule has 0 aromatic heterocycles. The Bertz CT molecular complexity index is 455. The third-order valence-electron chi connectivity index (χ3n) is 3.44. The maximum atomic E-state index is 11.8. The standard InChI is InChI=1S/C10H14INO3S/c1-3-7-6-10(7,11)8(13)12-16(14,15)9(2)4-5-9/h3,7H,1,4-6H2,2H3,(H,12,13)/t7-,10-/m1/s1. The summed E-state index contributed by atoms with van der Waals surface area (Å²) in [6.45, 7) is 5.29. The van der Waals surface area contributed by atoms with Crippen LogP contribution in [0.2, 0.25) is 0 Å². The Labute approximate surface area is 109 Å². The van der Waals surface area contributed by atoms with Crippen molar-refractivity contribution in [2.45, 2.75) is 34.4 Å². The van der Waals surface area contributed by atoms with Gasteiger partial charge in [-0.15, -0.1) is 6.58 Å². The zero-order chi connectivity index (χ0) is 12.2. The fourth-order valence-corrected chi connectivity index (χ4v) is 3.93. The van der Waals surface area contributed by atoms with Gasteiger partial charge in [0.1, 0.15) is 3.42 Å². The number of hydrogen-bond acceptors (Lipinski definition) is 3. The van der Waals surface area contributed by atoms with Gasteiger partial charge in [0, 0.05) is 5.92 Å². The summed E-state index contributed by atoms with van der Waals surface area (Å²) in [6, 6.07) is 0. The van der Waals surface area contributed by atoms with Crippen molar-refractivity contribution in [3.05, 3.63) is 12.7 Å². The number of alkyl halides is 1. The van der Waals surface area contributed by atoms with E-state index in [0.717, 1.165) is 0 Å². The van der Waals surface area contributed by atoms with Gasteiger partial charge in [0.05, 0.1) is 4.75 Å². The van der Waals surface area contributed by atoms with Gasteiger partial charge in [-0.3, -0.25) is 9.52 Å². The lowest BCUT2D eigenvalue weighted by Gasteiger charge is -2.14. The fraction of sp³-hybridized carbons (Fsp3) is 0.700. The molecule has 2 rings (SSSR count). The topological polar surface area (TPSA) is 63.2 Å². The highest BCUT2D eigenvalue weighted by molar-refractivity contribution is 14.1. The molecule has 0 aromatic carbocycles. The number of rotatable bonds is 4. The summed E-state index contributed by atoms with van der Waals surface area (Å²) in [7, 11) is -3.50. The largest absolute Gasteiger partial charge is 0.272 e. The minimum absolute atomic E-state index is 0.0929. The van der Waals surface area contributed by atoms with Crippen molar-refractivity contribution in [2.24, 2.45) is 5.92 Å². The van der Waals surface area contributed by atoms with Crippen LogP contribution in [0.1, 0.15) is 26.2 Å². The first-order valence-corrected chi connectivity index (χ1v) is 7.70. The second kappa shape index (κ2) is 3.44. The lowest BCUT2D eigenvalue weighted by atomic mass is 10.3. The highest BCUT2D eigenvalue weighted by atomic mass is 127.